The maximum atomic E-state index is 17.2. The molecule has 53 heavy (non-hydrogen) atoms. The van der Waals surface area contributed by atoms with Crippen LogP contribution in [-0.4, -0.2) is 97.8 Å². The van der Waals surface area contributed by atoms with Crippen LogP contribution in [0.4, 0.5) is 37.0 Å². The van der Waals surface area contributed by atoms with E-state index in [0.29, 0.717) is 25.8 Å². The van der Waals surface area contributed by atoms with Crippen LogP contribution in [0.3, 0.4) is 0 Å². The summed E-state index contributed by atoms with van der Waals surface area (Å²) in [5, 5.41) is 4.31. The normalized spacial score (nSPS) is 24.8. The largest absolute Gasteiger partial charge is 0.461 e. The Morgan fingerprint density at radius 1 is 1.04 bits per heavy atom. The lowest BCUT2D eigenvalue weighted by molar-refractivity contribution is -0.137. The lowest BCUT2D eigenvalue weighted by atomic mass is 9.91. The summed E-state index contributed by atoms with van der Waals surface area (Å²) < 4.78 is 106. The van der Waals surface area contributed by atoms with Crippen LogP contribution >= 0.6 is 0 Å². The summed E-state index contributed by atoms with van der Waals surface area (Å²) in [6.45, 7) is 8.08. The Labute approximate surface area is 302 Å². The molecule has 0 unspecified atom stereocenters. The Hall–Kier alpha value is -4.34. The van der Waals surface area contributed by atoms with Crippen LogP contribution in [0.15, 0.2) is 18.3 Å². The van der Waals surface area contributed by atoms with Crippen molar-refractivity contribution in [1.82, 2.24) is 29.5 Å². The highest BCUT2D eigenvalue weighted by atomic mass is 19.4. The quantitative estimate of drug-likeness (QED) is 0.196. The monoisotopic (exact) mass is 745 g/mol. The Balaban J connectivity index is 1.28. The molecule has 0 saturated carbocycles. The Morgan fingerprint density at radius 3 is 2.43 bits per heavy atom. The van der Waals surface area contributed by atoms with Gasteiger partial charge in [0.15, 0.2) is 5.82 Å². The minimum absolute atomic E-state index is 0.0114. The molecule has 4 fully saturated rings. The number of carbonyl (C=O) groups excluding carboxylic acids is 1. The SMILES string of the molecule is Cc1cc2cnn(C)c2c(-c2c(F)cc3c(N4C[C@H]5CC[C@@H](C4)N5C(=O)OC(C)(C)C)nc(OC[C@@]45CCCN4C[C@H](F)C5)nc3c2F)c1C(F)(F)F. The molecule has 0 spiro atoms. The number of fused-ring (bicyclic) bond motifs is 5. The van der Waals surface area contributed by atoms with Gasteiger partial charge in [-0.1, -0.05) is 0 Å². The highest BCUT2D eigenvalue weighted by Gasteiger charge is 2.50. The number of anilines is 1. The molecule has 16 heteroatoms. The fourth-order valence-electron chi connectivity index (χ4n) is 9.13. The fourth-order valence-corrected chi connectivity index (χ4v) is 9.13. The zero-order chi connectivity index (χ0) is 37.8. The number of carbonyl (C=O) groups is 1. The Bertz CT molecular complexity index is 2120. The molecule has 4 atom stereocenters. The van der Waals surface area contributed by atoms with Gasteiger partial charge in [0.2, 0.25) is 0 Å². The van der Waals surface area contributed by atoms with Gasteiger partial charge in [-0.2, -0.15) is 28.2 Å². The second kappa shape index (κ2) is 12.4. The second-order valence-corrected chi connectivity index (χ2v) is 16.0. The van der Waals surface area contributed by atoms with Crippen molar-refractivity contribution in [3.63, 3.8) is 0 Å². The average molecular weight is 746 g/mol. The van der Waals surface area contributed by atoms with E-state index in [4.69, 9.17) is 9.47 Å². The number of piperazine rings is 1. The molecule has 1 amide bonds. The minimum Gasteiger partial charge on any atom is -0.461 e. The first-order valence-corrected chi connectivity index (χ1v) is 17.9. The van der Waals surface area contributed by atoms with Crippen LogP contribution in [0, 0.1) is 18.6 Å². The summed E-state index contributed by atoms with van der Waals surface area (Å²) in [5.41, 5.74) is -4.82. The first-order chi connectivity index (χ1) is 24.9. The maximum Gasteiger partial charge on any atom is 0.417 e. The van der Waals surface area contributed by atoms with Gasteiger partial charge in [-0.3, -0.25) is 14.5 Å². The van der Waals surface area contributed by atoms with Crippen molar-refractivity contribution in [2.24, 2.45) is 7.05 Å². The molecule has 0 aliphatic carbocycles. The molecule has 6 heterocycles. The molecule has 4 aliphatic heterocycles. The van der Waals surface area contributed by atoms with E-state index in [1.807, 2.05) is 9.80 Å². The summed E-state index contributed by atoms with van der Waals surface area (Å²) >= 11 is 0. The van der Waals surface area contributed by atoms with Crippen LogP contribution in [-0.2, 0) is 18.0 Å². The third-order valence-corrected chi connectivity index (χ3v) is 11.2. The van der Waals surface area contributed by atoms with Gasteiger partial charge in [-0.05, 0) is 77.6 Å². The molecule has 4 aliphatic rings. The molecule has 2 bridgehead atoms. The third-order valence-electron chi connectivity index (χ3n) is 11.2. The first-order valence-electron chi connectivity index (χ1n) is 17.9. The average Bonchev–Trinajstić information content (AvgIpc) is 3.77. The Morgan fingerprint density at radius 2 is 1.75 bits per heavy atom. The molecule has 0 N–H and O–H groups in total. The second-order valence-electron chi connectivity index (χ2n) is 16.0. The highest BCUT2D eigenvalue weighted by molar-refractivity contribution is 6.01. The highest BCUT2D eigenvalue weighted by Crippen LogP contribution is 2.47. The fraction of sp³-hybridized carbons (Fsp3) is 0.568. The molecule has 8 rings (SSSR count). The van der Waals surface area contributed by atoms with Crippen molar-refractivity contribution in [2.75, 3.05) is 37.7 Å². The number of ether oxygens (including phenoxy) is 2. The van der Waals surface area contributed by atoms with Gasteiger partial charge in [-0.15, -0.1) is 0 Å². The van der Waals surface area contributed by atoms with E-state index in [1.54, 1.807) is 25.7 Å². The van der Waals surface area contributed by atoms with Crippen LogP contribution in [0.5, 0.6) is 6.01 Å². The lowest BCUT2D eigenvalue weighted by Gasteiger charge is -2.42. The summed E-state index contributed by atoms with van der Waals surface area (Å²) in [4.78, 5) is 27.8. The van der Waals surface area contributed by atoms with Crippen molar-refractivity contribution in [3.8, 4) is 17.1 Å². The molecular weight excluding hydrogens is 704 g/mol. The number of alkyl halides is 4. The van der Waals surface area contributed by atoms with Crippen LogP contribution in [0.1, 0.15) is 64.0 Å². The van der Waals surface area contributed by atoms with E-state index >= 15 is 8.78 Å². The van der Waals surface area contributed by atoms with E-state index in [1.165, 1.54) is 26.2 Å². The van der Waals surface area contributed by atoms with E-state index in [0.717, 1.165) is 17.2 Å². The standard InChI is InChI=1S/C37H41F6N7O3/c1-19-11-20-14-44-47(5)31(20)27(28(19)37(41,42)43)26-25(39)12-24-30(29(26)40)45-33(52-18-36-9-6-10-49(36)15-21(38)13-36)46-32(24)48-16-22-7-8-23(17-48)50(22)34(51)53-35(2,3)4/h11-12,14,21-23H,6-10,13,15-18H2,1-5H3/t21-,22-,23+,36+/m1/s1. The number of amides is 1. The third kappa shape index (κ3) is 6.00. The molecular formula is C37H41F6N7O3. The van der Waals surface area contributed by atoms with Gasteiger partial charge in [0.1, 0.15) is 35.5 Å². The van der Waals surface area contributed by atoms with E-state index < -0.39 is 63.4 Å². The lowest BCUT2D eigenvalue weighted by Crippen LogP contribution is -2.57. The van der Waals surface area contributed by atoms with Gasteiger partial charge >= 0.3 is 18.3 Å². The smallest absolute Gasteiger partial charge is 0.417 e. The van der Waals surface area contributed by atoms with E-state index in [2.05, 4.69) is 15.1 Å². The van der Waals surface area contributed by atoms with Gasteiger partial charge in [0.05, 0.1) is 40.5 Å². The predicted octanol–water partition coefficient (Wildman–Crippen LogP) is 7.33. The number of nitrogens with zero attached hydrogens (tertiary/aromatic N) is 7. The number of hydrogen-bond donors (Lipinski definition) is 0. The van der Waals surface area contributed by atoms with Gasteiger partial charge in [0.25, 0.3) is 0 Å². The molecule has 4 saturated heterocycles. The Kier molecular flexibility index (Phi) is 8.31. The van der Waals surface area contributed by atoms with Crippen LogP contribution < -0.4 is 9.64 Å². The molecule has 10 nitrogen and oxygen atoms in total. The number of halogens is 6. The van der Waals surface area contributed by atoms with Gasteiger partial charge in [0, 0.05) is 49.4 Å². The van der Waals surface area contributed by atoms with Gasteiger partial charge in [-0.25, -0.2) is 18.0 Å². The number of hydrogen-bond acceptors (Lipinski definition) is 8. The molecule has 4 aromatic rings. The first kappa shape index (κ1) is 35.7. The van der Waals surface area contributed by atoms with Gasteiger partial charge < -0.3 is 14.4 Å². The number of rotatable bonds is 5. The van der Waals surface area contributed by atoms with Crippen molar-refractivity contribution in [1.29, 1.82) is 0 Å². The van der Waals surface area contributed by atoms with Crippen molar-refractivity contribution in [3.05, 3.63) is 41.1 Å². The molecule has 2 aromatic carbocycles. The number of aryl methyl sites for hydroxylation is 2. The van der Waals surface area contributed by atoms with Crippen molar-refractivity contribution in [2.45, 2.75) is 95.4 Å². The van der Waals surface area contributed by atoms with E-state index in [9.17, 15) is 22.4 Å². The number of benzene rings is 2. The van der Waals surface area contributed by atoms with Crippen molar-refractivity contribution < 1.29 is 40.6 Å². The summed E-state index contributed by atoms with van der Waals surface area (Å²) in [6.07, 6.45) is -2.00. The van der Waals surface area contributed by atoms with Crippen LogP contribution in [0.2, 0.25) is 0 Å². The molecule has 2 aromatic heterocycles. The molecule has 0 radical (unpaired) electrons. The minimum atomic E-state index is -4.97. The number of aromatic nitrogens is 4. The predicted molar refractivity (Wildman–Crippen MR) is 185 cm³/mol. The molecule has 284 valence electrons. The summed E-state index contributed by atoms with van der Waals surface area (Å²) in [6, 6.07) is 1.41. The van der Waals surface area contributed by atoms with Crippen molar-refractivity contribution >= 4 is 33.7 Å². The van der Waals surface area contributed by atoms with E-state index in [-0.39, 0.29) is 78.4 Å². The van der Waals surface area contributed by atoms with Crippen LogP contribution in [0.25, 0.3) is 32.9 Å². The zero-order valence-electron chi connectivity index (χ0n) is 30.2. The topological polar surface area (TPSA) is 88.9 Å². The summed E-state index contributed by atoms with van der Waals surface area (Å²) in [7, 11) is 1.41. The maximum absolute atomic E-state index is 17.2. The summed E-state index contributed by atoms with van der Waals surface area (Å²) in [5.74, 6) is -2.42. The zero-order valence-corrected chi connectivity index (χ0v) is 30.2.